The van der Waals surface area contributed by atoms with Crippen LogP contribution in [0.3, 0.4) is 0 Å². The Kier molecular flexibility index (Phi) is 3.19. The lowest BCUT2D eigenvalue weighted by Gasteiger charge is -2.44. The molecule has 3 fully saturated rings. The van der Waals surface area contributed by atoms with Gasteiger partial charge >= 0.3 is 0 Å². The molecule has 0 radical (unpaired) electrons. The van der Waals surface area contributed by atoms with E-state index in [0.717, 1.165) is 23.7 Å². The molecule has 1 atom stereocenters. The fourth-order valence-corrected chi connectivity index (χ4v) is 3.80. The predicted molar refractivity (Wildman–Crippen MR) is 82.1 cm³/mol. The first-order chi connectivity index (χ1) is 10.3. The van der Waals surface area contributed by atoms with E-state index in [1.54, 1.807) is 7.11 Å². The quantitative estimate of drug-likeness (QED) is 0.944. The van der Waals surface area contributed by atoms with E-state index >= 15 is 0 Å². The van der Waals surface area contributed by atoms with Gasteiger partial charge in [-0.25, -0.2) is 0 Å². The number of fused-ring (bicyclic) bond motifs is 4. The van der Waals surface area contributed by atoms with Crippen molar-refractivity contribution in [3.8, 4) is 5.75 Å². The van der Waals surface area contributed by atoms with Gasteiger partial charge in [-0.3, -0.25) is 0 Å². The molecule has 1 aromatic heterocycles. The van der Waals surface area contributed by atoms with Crippen LogP contribution in [0.2, 0.25) is 5.02 Å². The molecule has 21 heavy (non-hydrogen) atoms. The van der Waals surface area contributed by atoms with Crippen molar-refractivity contribution >= 4 is 28.4 Å². The van der Waals surface area contributed by atoms with Crippen molar-refractivity contribution in [1.29, 1.82) is 0 Å². The fraction of sp³-hybridized carbons (Fsp3) is 0.533. The molecular weight excluding hydrogens is 290 g/mol. The number of hydrogen-bond donors (Lipinski definition) is 1. The minimum absolute atomic E-state index is 0.446. The maximum atomic E-state index is 6.27. The number of nitrogens with one attached hydrogen (secondary N) is 1. The lowest BCUT2D eigenvalue weighted by atomic mass is 9.84. The van der Waals surface area contributed by atoms with Crippen LogP contribution in [0.1, 0.15) is 12.8 Å². The van der Waals surface area contributed by atoms with Gasteiger partial charge in [0.1, 0.15) is 10.8 Å². The lowest BCUT2D eigenvalue weighted by Crippen LogP contribution is -2.53. The van der Waals surface area contributed by atoms with Crippen LogP contribution in [-0.4, -0.2) is 42.8 Å². The maximum absolute atomic E-state index is 6.27. The molecule has 0 unspecified atom stereocenters. The second-order valence-electron chi connectivity index (χ2n) is 5.88. The van der Waals surface area contributed by atoms with E-state index in [4.69, 9.17) is 20.9 Å². The second kappa shape index (κ2) is 5.07. The highest BCUT2D eigenvalue weighted by Crippen LogP contribution is 2.37. The lowest BCUT2D eigenvalue weighted by molar-refractivity contribution is 0.0973. The van der Waals surface area contributed by atoms with Gasteiger partial charge in [0, 0.05) is 12.6 Å². The van der Waals surface area contributed by atoms with E-state index < -0.39 is 0 Å². The summed E-state index contributed by atoms with van der Waals surface area (Å²) in [6.07, 6.45) is 2.53. The zero-order valence-corrected chi connectivity index (χ0v) is 12.7. The standard InChI is InChI=1S/C15H18ClN3O2/c1-20-12-3-2-10-14(13(12)16)21-18-15(10)17-11-8-19-6-4-9(11)5-7-19/h2-3,9,11H,4-8H2,1H3,(H,17,18)/t11-/m0/s1. The Morgan fingerprint density at radius 2 is 2.19 bits per heavy atom. The number of methoxy groups -OCH3 is 1. The number of anilines is 1. The van der Waals surface area contributed by atoms with Crippen molar-refractivity contribution in [2.24, 2.45) is 5.92 Å². The van der Waals surface area contributed by atoms with Gasteiger partial charge in [-0.2, -0.15) is 0 Å². The molecule has 1 aromatic carbocycles. The summed E-state index contributed by atoms with van der Waals surface area (Å²) in [7, 11) is 1.59. The minimum Gasteiger partial charge on any atom is -0.495 e. The summed E-state index contributed by atoms with van der Waals surface area (Å²) in [6.45, 7) is 3.54. The Morgan fingerprint density at radius 1 is 1.38 bits per heavy atom. The molecule has 1 N–H and O–H groups in total. The first-order valence-corrected chi connectivity index (χ1v) is 7.75. The number of ether oxygens (including phenoxy) is 1. The van der Waals surface area contributed by atoms with E-state index in [1.807, 2.05) is 12.1 Å². The van der Waals surface area contributed by atoms with Crippen LogP contribution in [0.25, 0.3) is 11.0 Å². The Balaban J connectivity index is 1.64. The minimum atomic E-state index is 0.446. The number of piperidine rings is 3. The first kappa shape index (κ1) is 13.2. The third kappa shape index (κ3) is 2.15. The van der Waals surface area contributed by atoms with Crippen molar-refractivity contribution in [3.05, 3.63) is 17.2 Å². The van der Waals surface area contributed by atoms with Gasteiger partial charge in [0.25, 0.3) is 0 Å². The average Bonchev–Trinajstić information content (AvgIpc) is 2.93. The first-order valence-electron chi connectivity index (χ1n) is 7.37. The summed E-state index contributed by atoms with van der Waals surface area (Å²) in [6, 6.07) is 4.24. The Labute approximate surface area is 128 Å². The topological polar surface area (TPSA) is 50.5 Å². The third-order valence-corrected chi connectivity index (χ3v) is 5.10. The van der Waals surface area contributed by atoms with Crippen LogP contribution in [0, 0.1) is 5.92 Å². The van der Waals surface area contributed by atoms with Gasteiger partial charge in [-0.05, 0) is 44.0 Å². The highest BCUT2D eigenvalue weighted by atomic mass is 35.5. The van der Waals surface area contributed by atoms with Crippen LogP contribution in [-0.2, 0) is 0 Å². The number of hydrogen-bond acceptors (Lipinski definition) is 5. The smallest absolute Gasteiger partial charge is 0.191 e. The van der Waals surface area contributed by atoms with Crippen molar-refractivity contribution in [2.45, 2.75) is 18.9 Å². The van der Waals surface area contributed by atoms with E-state index in [9.17, 15) is 0 Å². The summed E-state index contributed by atoms with van der Waals surface area (Å²) < 4.78 is 10.6. The van der Waals surface area contributed by atoms with Crippen LogP contribution in [0.4, 0.5) is 5.82 Å². The van der Waals surface area contributed by atoms with Gasteiger partial charge in [0.15, 0.2) is 11.4 Å². The second-order valence-corrected chi connectivity index (χ2v) is 6.26. The molecule has 3 aliphatic heterocycles. The van der Waals surface area contributed by atoms with Crippen molar-refractivity contribution in [3.63, 3.8) is 0 Å². The maximum Gasteiger partial charge on any atom is 0.191 e. The van der Waals surface area contributed by atoms with E-state index in [0.29, 0.717) is 22.4 Å². The normalized spacial score (nSPS) is 28.0. The van der Waals surface area contributed by atoms with Gasteiger partial charge in [-0.15, -0.1) is 0 Å². The summed E-state index contributed by atoms with van der Waals surface area (Å²) in [4.78, 5) is 2.51. The molecule has 5 nitrogen and oxygen atoms in total. The number of rotatable bonds is 3. The highest BCUT2D eigenvalue weighted by Gasteiger charge is 2.34. The van der Waals surface area contributed by atoms with E-state index in [-0.39, 0.29) is 0 Å². The Hall–Kier alpha value is -1.46. The number of benzene rings is 1. The molecule has 0 amide bonds. The molecule has 4 heterocycles. The van der Waals surface area contributed by atoms with Gasteiger partial charge in [0.2, 0.25) is 0 Å². The highest BCUT2D eigenvalue weighted by molar-refractivity contribution is 6.36. The summed E-state index contributed by atoms with van der Waals surface area (Å²) >= 11 is 6.27. The summed E-state index contributed by atoms with van der Waals surface area (Å²) in [5.41, 5.74) is 0.583. The van der Waals surface area contributed by atoms with Crippen molar-refractivity contribution in [1.82, 2.24) is 10.1 Å². The molecule has 6 heteroatoms. The number of halogens is 1. The predicted octanol–water partition coefficient (Wildman–Crippen LogP) is 3.00. The Morgan fingerprint density at radius 3 is 2.86 bits per heavy atom. The molecule has 112 valence electrons. The Bertz CT molecular complexity index is 664. The van der Waals surface area contributed by atoms with Crippen LogP contribution in [0.15, 0.2) is 16.7 Å². The molecule has 5 rings (SSSR count). The molecular formula is C15H18ClN3O2. The molecule has 0 spiro atoms. The SMILES string of the molecule is COc1ccc2c(N[C@H]3CN4CCC3CC4)noc2c1Cl. The zero-order valence-electron chi connectivity index (χ0n) is 11.9. The summed E-state index contributed by atoms with van der Waals surface area (Å²) in [5, 5.41) is 9.11. The van der Waals surface area contributed by atoms with E-state index in [2.05, 4.69) is 15.4 Å². The van der Waals surface area contributed by atoms with Crippen LogP contribution >= 0.6 is 11.6 Å². The summed E-state index contributed by atoms with van der Waals surface area (Å²) in [5.74, 6) is 2.12. The molecule has 3 saturated heterocycles. The van der Waals surface area contributed by atoms with Gasteiger partial charge in [0.05, 0.1) is 12.5 Å². The monoisotopic (exact) mass is 307 g/mol. The molecule has 0 aliphatic carbocycles. The average molecular weight is 308 g/mol. The van der Waals surface area contributed by atoms with Gasteiger partial charge < -0.3 is 19.5 Å². The largest absolute Gasteiger partial charge is 0.495 e. The molecule has 0 saturated carbocycles. The molecule has 2 aromatic rings. The van der Waals surface area contributed by atoms with Gasteiger partial charge in [-0.1, -0.05) is 16.8 Å². The number of aromatic nitrogens is 1. The van der Waals surface area contributed by atoms with Crippen LogP contribution in [0.5, 0.6) is 5.75 Å². The fourth-order valence-electron chi connectivity index (χ4n) is 3.52. The molecule has 2 bridgehead atoms. The third-order valence-electron chi connectivity index (χ3n) is 4.74. The van der Waals surface area contributed by atoms with Crippen molar-refractivity contribution in [2.75, 3.05) is 32.1 Å². The van der Waals surface area contributed by atoms with Crippen molar-refractivity contribution < 1.29 is 9.26 Å². The zero-order chi connectivity index (χ0) is 14.4. The van der Waals surface area contributed by atoms with E-state index in [1.165, 1.54) is 25.9 Å². The molecule has 3 aliphatic rings. The van der Waals surface area contributed by atoms with Crippen LogP contribution < -0.4 is 10.1 Å². The number of nitrogens with zero attached hydrogens (tertiary/aromatic N) is 2.